The van der Waals surface area contributed by atoms with E-state index in [0.717, 1.165) is 5.56 Å². The third kappa shape index (κ3) is 3.03. The van der Waals surface area contributed by atoms with E-state index < -0.39 is 11.7 Å². The molecule has 0 aliphatic heterocycles. The number of aryl methyl sites for hydroxylation is 1. The van der Waals surface area contributed by atoms with Gasteiger partial charge in [-0.1, -0.05) is 6.07 Å². The lowest BCUT2D eigenvalue weighted by molar-refractivity contribution is 0.0960. The average Bonchev–Trinajstić information content (AvgIpc) is 2.51. The van der Waals surface area contributed by atoms with E-state index in [1.54, 1.807) is 26.2 Å². The molecule has 0 aliphatic carbocycles. The summed E-state index contributed by atoms with van der Waals surface area (Å²) in [5.74, 6) is 0.672. The second-order valence-electron chi connectivity index (χ2n) is 4.86. The quantitative estimate of drug-likeness (QED) is 0.938. The Bertz CT molecular complexity index is 713. The van der Waals surface area contributed by atoms with Gasteiger partial charge in [0, 0.05) is 12.6 Å². The first kappa shape index (κ1) is 15.8. The summed E-state index contributed by atoms with van der Waals surface area (Å²) in [5.41, 5.74) is 1.35. The Morgan fingerprint density at radius 2 is 1.82 bits per heavy atom. The number of benzene rings is 2. The second-order valence-corrected chi connectivity index (χ2v) is 4.86. The largest absolute Gasteiger partial charge is 0.496 e. The third-order valence-corrected chi connectivity index (χ3v) is 3.41. The highest BCUT2D eigenvalue weighted by atomic mass is 19.1. The predicted octanol–water partition coefficient (Wildman–Crippen LogP) is 3.60. The number of rotatable bonds is 4. The Morgan fingerprint density at radius 3 is 2.45 bits per heavy atom. The van der Waals surface area contributed by atoms with Crippen molar-refractivity contribution in [1.82, 2.24) is 5.32 Å². The van der Waals surface area contributed by atoms with Crippen molar-refractivity contribution < 1.29 is 18.7 Å². The Labute approximate surface area is 128 Å². The van der Waals surface area contributed by atoms with Crippen LogP contribution < -0.4 is 14.8 Å². The molecule has 0 spiro atoms. The maximum absolute atomic E-state index is 13.7. The Morgan fingerprint density at radius 1 is 1.14 bits per heavy atom. The SMILES string of the molecule is CNC(=O)c1cc(F)c(C)cc1Oc1cccc(OC)c1C. The van der Waals surface area contributed by atoms with E-state index in [1.165, 1.54) is 19.2 Å². The average molecular weight is 303 g/mol. The van der Waals surface area contributed by atoms with Crippen LogP contribution in [0.15, 0.2) is 30.3 Å². The number of hydrogen-bond donors (Lipinski definition) is 1. The van der Waals surface area contributed by atoms with Gasteiger partial charge in [0.2, 0.25) is 0 Å². The van der Waals surface area contributed by atoms with Crippen molar-refractivity contribution in [2.75, 3.05) is 14.2 Å². The lowest BCUT2D eigenvalue weighted by atomic mass is 10.1. The molecule has 0 unspecified atom stereocenters. The van der Waals surface area contributed by atoms with Crippen LogP contribution in [0.25, 0.3) is 0 Å². The van der Waals surface area contributed by atoms with E-state index in [0.29, 0.717) is 22.8 Å². The molecule has 2 aromatic carbocycles. The van der Waals surface area contributed by atoms with Crippen LogP contribution >= 0.6 is 0 Å². The summed E-state index contributed by atoms with van der Waals surface area (Å²) >= 11 is 0. The second kappa shape index (κ2) is 6.47. The summed E-state index contributed by atoms with van der Waals surface area (Å²) in [6.45, 7) is 3.47. The van der Waals surface area contributed by atoms with E-state index in [4.69, 9.17) is 9.47 Å². The Hall–Kier alpha value is -2.56. The van der Waals surface area contributed by atoms with Gasteiger partial charge in [-0.15, -0.1) is 0 Å². The summed E-state index contributed by atoms with van der Waals surface area (Å²) in [4.78, 5) is 11.9. The van der Waals surface area contributed by atoms with E-state index in [1.807, 2.05) is 13.0 Å². The first-order valence-electron chi connectivity index (χ1n) is 6.81. The zero-order chi connectivity index (χ0) is 16.3. The van der Waals surface area contributed by atoms with Gasteiger partial charge in [0.15, 0.2) is 0 Å². The van der Waals surface area contributed by atoms with Crippen LogP contribution in [-0.4, -0.2) is 20.1 Å². The maximum atomic E-state index is 13.7. The van der Waals surface area contributed by atoms with Crippen molar-refractivity contribution >= 4 is 5.91 Å². The van der Waals surface area contributed by atoms with E-state index in [9.17, 15) is 9.18 Å². The molecule has 0 bridgehead atoms. The van der Waals surface area contributed by atoms with Crippen molar-refractivity contribution in [3.8, 4) is 17.2 Å². The summed E-state index contributed by atoms with van der Waals surface area (Å²) in [7, 11) is 3.06. The number of nitrogens with one attached hydrogen (secondary N) is 1. The number of carbonyl (C=O) groups is 1. The molecule has 0 radical (unpaired) electrons. The number of carbonyl (C=O) groups excluding carboxylic acids is 1. The van der Waals surface area contributed by atoms with E-state index >= 15 is 0 Å². The summed E-state index contributed by atoms with van der Waals surface area (Å²) in [5, 5.41) is 2.48. The van der Waals surface area contributed by atoms with Crippen LogP contribution in [0.5, 0.6) is 17.2 Å². The van der Waals surface area contributed by atoms with Gasteiger partial charge >= 0.3 is 0 Å². The van der Waals surface area contributed by atoms with Crippen molar-refractivity contribution in [3.63, 3.8) is 0 Å². The van der Waals surface area contributed by atoms with Gasteiger partial charge in [0.25, 0.3) is 5.91 Å². The molecule has 0 saturated carbocycles. The van der Waals surface area contributed by atoms with Gasteiger partial charge in [0.1, 0.15) is 23.1 Å². The van der Waals surface area contributed by atoms with Crippen LogP contribution in [0.4, 0.5) is 4.39 Å². The van der Waals surface area contributed by atoms with Crippen LogP contribution in [0, 0.1) is 19.7 Å². The number of methoxy groups -OCH3 is 1. The number of hydrogen-bond acceptors (Lipinski definition) is 3. The molecular formula is C17H18FNO3. The molecule has 2 rings (SSSR count). The van der Waals surface area contributed by atoms with Crippen LogP contribution in [0.2, 0.25) is 0 Å². The zero-order valence-corrected chi connectivity index (χ0v) is 13.0. The van der Waals surface area contributed by atoms with Gasteiger partial charge in [-0.2, -0.15) is 0 Å². The lowest BCUT2D eigenvalue weighted by Gasteiger charge is -2.15. The normalized spacial score (nSPS) is 10.2. The molecule has 4 nitrogen and oxygen atoms in total. The smallest absolute Gasteiger partial charge is 0.254 e. The highest BCUT2D eigenvalue weighted by Crippen LogP contribution is 2.33. The molecule has 0 heterocycles. The molecule has 0 aromatic heterocycles. The number of ether oxygens (including phenoxy) is 2. The predicted molar refractivity (Wildman–Crippen MR) is 82.3 cm³/mol. The van der Waals surface area contributed by atoms with Crippen molar-refractivity contribution in [3.05, 3.63) is 52.8 Å². The minimum atomic E-state index is -0.451. The van der Waals surface area contributed by atoms with Crippen LogP contribution in [0.1, 0.15) is 21.5 Å². The van der Waals surface area contributed by atoms with E-state index in [-0.39, 0.29) is 5.56 Å². The number of halogens is 1. The molecule has 0 atom stereocenters. The van der Waals surface area contributed by atoms with Crippen molar-refractivity contribution in [1.29, 1.82) is 0 Å². The molecule has 0 saturated heterocycles. The molecule has 1 amide bonds. The van der Waals surface area contributed by atoms with Gasteiger partial charge in [-0.25, -0.2) is 4.39 Å². The molecule has 1 N–H and O–H groups in total. The molecular weight excluding hydrogens is 285 g/mol. The lowest BCUT2D eigenvalue weighted by Crippen LogP contribution is -2.19. The minimum absolute atomic E-state index is 0.146. The highest BCUT2D eigenvalue weighted by molar-refractivity contribution is 5.97. The summed E-state index contributed by atoms with van der Waals surface area (Å²) < 4.78 is 24.8. The summed E-state index contributed by atoms with van der Waals surface area (Å²) in [6.07, 6.45) is 0. The monoisotopic (exact) mass is 303 g/mol. The third-order valence-electron chi connectivity index (χ3n) is 3.41. The standard InChI is InChI=1S/C17H18FNO3/c1-10-8-16(12(9-13(10)18)17(20)19-3)22-15-7-5-6-14(21-4)11(15)2/h5-9H,1-4H3,(H,19,20). The molecule has 0 aliphatic rings. The first-order chi connectivity index (χ1) is 10.5. The fraction of sp³-hybridized carbons (Fsp3) is 0.235. The van der Waals surface area contributed by atoms with Gasteiger partial charge in [-0.05, 0) is 43.7 Å². The molecule has 0 fully saturated rings. The Balaban J connectivity index is 2.49. The molecule has 116 valence electrons. The van der Waals surface area contributed by atoms with E-state index in [2.05, 4.69) is 5.32 Å². The van der Waals surface area contributed by atoms with Crippen molar-refractivity contribution in [2.45, 2.75) is 13.8 Å². The van der Waals surface area contributed by atoms with Crippen LogP contribution in [0.3, 0.4) is 0 Å². The topological polar surface area (TPSA) is 47.6 Å². The van der Waals surface area contributed by atoms with Gasteiger partial charge in [-0.3, -0.25) is 4.79 Å². The fourth-order valence-electron chi connectivity index (χ4n) is 2.10. The van der Waals surface area contributed by atoms with Gasteiger partial charge in [0.05, 0.1) is 12.7 Å². The summed E-state index contributed by atoms with van der Waals surface area (Å²) in [6, 6.07) is 8.07. The number of amides is 1. The maximum Gasteiger partial charge on any atom is 0.254 e. The highest BCUT2D eigenvalue weighted by Gasteiger charge is 2.16. The fourth-order valence-corrected chi connectivity index (χ4v) is 2.10. The molecule has 2 aromatic rings. The van der Waals surface area contributed by atoms with Gasteiger partial charge < -0.3 is 14.8 Å². The molecule has 5 heteroatoms. The van der Waals surface area contributed by atoms with Crippen molar-refractivity contribution in [2.24, 2.45) is 0 Å². The first-order valence-corrected chi connectivity index (χ1v) is 6.81. The van der Waals surface area contributed by atoms with Crippen LogP contribution in [-0.2, 0) is 0 Å². The Kier molecular flexibility index (Phi) is 4.65. The minimum Gasteiger partial charge on any atom is -0.496 e. The zero-order valence-electron chi connectivity index (χ0n) is 13.0. The molecule has 22 heavy (non-hydrogen) atoms.